The van der Waals surface area contributed by atoms with Gasteiger partial charge in [-0.1, -0.05) is 12.1 Å². The highest BCUT2D eigenvalue weighted by atomic mass is 32.1. The summed E-state index contributed by atoms with van der Waals surface area (Å²) in [5, 5.41) is 4.26. The summed E-state index contributed by atoms with van der Waals surface area (Å²) < 4.78 is 5.70. The fourth-order valence-corrected chi connectivity index (χ4v) is 2.41. The molecule has 1 aromatic heterocycles. The first-order valence-electron chi connectivity index (χ1n) is 6.16. The Balaban J connectivity index is 1.84. The number of hydrogen-bond donors (Lipinski definition) is 0. The van der Waals surface area contributed by atoms with Crippen LogP contribution in [0.2, 0.25) is 0 Å². The summed E-state index contributed by atoms with van der Waals surface area (Å²) in [5.41, 5.74) is 2.52. The SMILES string of the molecule is CN(C)CCCOc1ccc(-c2ccsc2)cc1. The summed E-state index contributed by atoms with van der Waals surface area (Å²) in [6.07, 6.45) is 1.05. The molecule has 0 spiro atoms. The molecule has 0 radical (unpaired) electrons. The Morgan fingerprint density at radius 1 is 1.06 bits per heavy atom. The van der Waals surface area contributed by atoms with Gasteiger partial charge in [0.15, 0.2) is 0 Å². The van der Waals surface area contributed by atoms with Crippen molar-refractivity contribution in [3.05, 3.63) is 41.1 Å². The van der Waals surface area contributed by atoms with Crippen molar-refractivity contribution in [3.63, 3.8) is 0 Å². The van der Waals surface area contributed by atoms with Crippen LogP contribution in [0.15, 0.2) is 41.1 Å². The number of thiophene rings is 1. The Morgan fingerprint density at radius 2 is 1.83 bits per heavy atom. The standard InChI is InChI=1S/C15H19NOS/c1-16(2)9-3-10-17-15-6-4-13(5-7-15)14-8-11-18-12-14/h4-8,11-12H,3,9-10H2,1-2H3. The third-order valence-electron chi connectivity index (χ3n) is 2.73. The molecular weight excluding hydrogens is 242 g/mol. The molecule has 0 atom stereocenters. The Hall–Kier alpha value is -1.32. The summed E-state index contributed by atoms with van der Waals surface area (Å²) in [6, 6.07) is 10.5. The van der Waals surface area contributed by atoms with E-state index >= 15 is 0 Å². The zero-order valence-electron chi connectivity index (χ0n) is 10.9. The summed E-state index contributed by atoms with van der Waals surface area (Å²) in [4.78, 5) is 2.17. The smallest absolute Gasteiger partial charge is 0.119 e. The van der Waals surface area contributed by atoms with E-state index in [1.807, 2.05) is 12.1 Å². The molecule has 0 N–H and O–H groups in total. The first-order valence-corrected chi connectivity index (χ1v) is 7.10. The number of nitrogens with zero attached hydrogens (tertiary/aromatic N) is 1. The van der Waals surface area contributed by atoms with Gasteiger partial charge in [-0.2, -0.15) is 11.3 Å². The molecule has 0 aliphatic carbocycles. The highest BCUT2D eigenvalue weighted by molar-refractivity contribution is 7.08. The monoisotopic (exact) mass is 261 g/mol. The molecule has 0 aliphatic heterocycles. The fourth-order valence-electron chi connectivity index (χ4n) is 1.74. The van der Waals surface area contributed by atoms with E-state index in [0.717, 1.165) is 25.3 Å². The van der Waals surface area contributed by atoms with Gasteiger partial charge >= 0.3 is 0 Å². The second-order valence-electron chi connectivity index (χ2n) is 4.54. The minimum atomic E-state index is 0.774. The van der Waals surface area contributed by atoms with E-state index in [1.165, 1.54) is 11.1 Å². The molecule has 0 saturated carbocycles. The third-order valence-corrected chi connectivity index (χ3v) is 3.41. The van der Waals surface area contributed by atoms with Crippen molar-refractivity contribution in [1.82, 2.24) is 4.90 Å². The predicted molar refractivity (Wildman–Crippen MR) is 78.4 cm³/mol. The van der Waals surface area contributed by atoms with Crippen LogP contribution in [0.25, 0.3) is 11.1 Å². The van der Waals surface area contributed by atoms with Gasteiger partial charge in [0, 0.05) is 6.54 Å². The number of rotatable bonds is 6. The first-order chi connectivity index (χ1) is 8.75. The molecular formula is C15H19NOS. The lowest BCUT2D eigenvalue weighted by Crippen LogP contribution is -2.15. The van der Waals surface area contributed by atoms with Crippen LogP contribution < -0.4 is 4.74 Å². The van der Waals surface area contributed by atoms with Crippen molar-refractivity contribution in [3.8, 4) is 16.9 Å². The maximum absolute atomic E-state index is 5.70. The van der Waals surface area contributed by atoms with Crippen molar-refractivity contribution < 1.29 is 4.74 Å². The van der Waals surface area contributed by atoms with Gasteiger partial charge in [0.05, 0.1) is 6.61 Å². The zero-order chi connectivity index (χ0) is 12.8. The molecule has 3 heteroatoms. The molecule has 0 saturated heterocycles. The molecule has 0 amide bonds. The minimum absolute atomic E-state index is 0.774. The van der Waals surface area contributed by atoms with Crippen molar-refractivity contribution in [2.45, 2.75) is 6.42 Å². The average Bonchev–Trinajstić information content (AvgIpc) is 2.89. The molecule has 2 nitrogen and oxygen atoms in total. The molecule has 0 unspecified atom stereocenters. The van der Waals surface area contributed by atoms with Crippen LogP contribution in [-0.4, -0.2) is 32.1 Å². The molecule has 2 aromatic rings. The zero-order valence-corrected chi connectivity index (χ0v) is 11.7. The third kappa shape index (κ3) is 3.86. The molecule has 2 rings (SSSR count). The summed E-state index contributed by atoms with van der Waals surface area (Å²) in [7, 11) is 4.16. The van der Waals surface area contributed by atoms with E-state index in [-0.39, 0.29) is 0 Å². The highest BCUT2D eigenvalue weighted by Gasteiger charge is 1.99. The Kier molecular flexibility index (Phi) is 4.79. The largest absolute Gasteiger partial charge is 0.494 e. The van der Waals surface area contributed by atoms with Crippen LogP contribution in [0.3, 0.4) is 0 Å². The van der Waals surface area contributed by atoms with Gasteiger partial charge in [0.25, 0.3) is 0 Å². The Bertz CT molecular complexity index is 448. The number of hydrogen-bond acceptors (Lipinski definition) is 3. The second-order valence-corrected chi connectivity index (χ2v) is 5.32. The number of ether oxygens (including phenoxy) is 1. The lowest BCUT2D eigenvalue weighted by molar-refractivity contribution is 0.281. The van der Waals surface area contributed by atoms with Crippen LogP contribution in [0.1, 0.15) is 6.42 Å². The fraction of sp³-hybridized carbons (Fsp3) is 0.333. The van der Waals surface area contributed by atoms with Gasteiger partial charge in [0.1, 0.15) is 5.75 Å². The Morgan fingerprint density at radius 3 is 2.44 bits per heavy atom. The van der Waals surface area contributed by atoms with Crippen LogP contribution in [0.4, 0.5) is 0 Å². The van der Waals surface area contributed by atoms with Gasteiger partial charge in [-0.3, -0.25) is 0 Å². The molecule has 18 heavy (non-hydrogen) atoms. The predicted octanol–water partition coefficient (Wildman–Crippen LogP) is 3.75. The molecule has 0 bridgehead atoms. The molecule has 1 heterocycles. The molecule has 1 aromatic carbocycles. The van der Waals surface area contributed by atoms with Crippen molar-refractivity contribution in [2.24, 2.45) is 0 Å². The van der Waals surface area contributed by atoms with Crippen LogP contribution in [-0.2, 0) is 0 Å². The summed E-state index contributed by atoms with van der Waals surface area (Å²) in [5.74, 6) is 0.952. The lowest BCUT2D eigenvalue weighted by Gasteiger charge is -2.10. The topological polar surface area (TPSA) is 12.5 Å². The van der Waals surface area contributed by atoms with Gasteiger partial charge in [0.2, 0.25) is 0 Å². The second kappa shape index (κ2) is 6.57. The van der Waals surface area contributed by atoms with Crippen LogP contribution in [0, 0.1) is 0 Å². The molecule has 96 valence electrons. The summed E-state index contributed by atoms with van der Waals surface area (Å²) >= 11 is 1.72. The Labute approximate surface area is 113 Å². The van der Waals surface area contributed by atoms with E-state index in [2.05, 4.69) is 48.0 Å². The molecule has 0 aliphatic rings. The van der Waals surface area contributed by atoms with Gasteiger partial charge in [-0.05, 0) is 60.6 Å². The normalized spacial score (nSPS) is 10.8. The average molecular weight is 261 g/mol. The van der Waals surface area contributed by atoms with Crippen molar-refractivity contribution in [2.75, 3.05) is 27.2 Å². The molecule has 0 fully saturated rings. The van der Waals surface area contributed by atoms with Crippen LogP contribution in [0.5, 0.6) is 5.75 Å². The van der Waals surface area contributed by atoms with Crippen molar-refractivity contribution >= 4 is 11.3 Å². The summed E-state index contributed by atoms with van der Waals surface area (Å²) in [6.45, 7) is 1.84. The van der Waals surface area contributed by atoms with E-state index in [0.29, 0.717) is 0 Å². The highest BCUT2D eigenvalue weighted by Crippen LogP contribution is 2.24. The first kappa shape index (κ1) is 13.1. The van der Waals surface area contributed by atoms with E-state index in [4.69, 9.17) is 4.74 Å². The van der Waals surface area contributed by atoms with Gasteiger partial charge in [-0.25, -0.2) is 0 Å². The van der Waals surface area contributed by atoms with Gasteiger partial charge in [-0.15, -0.1) is 0 Å². The lowest BCUT2D eigenvalue weighted by atomic mass is 10.1. The maximum Gasteiger partial charge on any atom is 0.119 e. The van der Waals surface area contributed by atoms with Crippen molar-refractivity contribution in [1.29, 1.82) is 0 Å². The van der Waals surface area contributed by atoms with E-state index < -0.39 is 0 Å². The minimum Gasteiger partial charge on any atom is -0.494 e. The van der Waals surface area contributed by atoms with Crippen LogP contribution >= 0.6 is 11.3 Å². The van der Waals surface area contributed by atoms with Gasteiger partial charge < -0.3 is 9.64 Å². The van der Waals surface area contributed by atoms with E-state index in [9.17, 15) is 0 Å². The quantitative estimate of drug-likeness (QED) is 0.734. The number of benzene rings is 1. The van der Waals surface area contributed by atoms with E-state index in [1.54, 1.807) is 11.3 Å². The maximum atomic E-state index is 5.70.